The molecule has 0 unspecified atom stereocenters. The minimum Gasteiger partial charge on any atom is -0.441 e. The van der Waals surface area contributed by atoms with Crippen LogP contribution in [0.1, 0.15) is 11.5 Å². The van der Waals surface area contributed by atoms with E-state index in [1.165, 1.54) is 5.56 Å². The van der Waals surface area contributed by atoms with Crippen molar-refractivity contribution in [1.82, 2.24) is 10.3 Å². The first-order chi connectivity index (χ1) is 7.79. The molecule has 0 radical (unpaired) electrons. The molecule has 2 aromatic rings. The molecule has 0 amide bonds. The van der Waals surface area contributed by atoms with Crippen LogP contribution in [0.4, 0.5) is 0 Å². The van der Waals surface area contributed by atoms with E-state index >= 15 is 0 Å². The molecule has 3 nitrogen and oxygen atoms in total. The minimum atomic E-state index is 0.653. The van der Waals surface area contributed by atoms with Gasteiger partial charge in [0.2, 0.25) is 0 Å². The standard InChI is InChI=1S/C12H15ClN2O/c1-9-15-11-3-2-10(8-12(11)16-9)4-6-14-7-5-13/h2-3,8,14H,4-7H2,1H3. The van der Waals surface area contributed by atoms with E-state index in [1.807, 2.05) is 13.0 Å². The van der Waals surface area contributed by atoms with Crippen LogP contribution in [-0.2, 0) is 6.42 Å². The minimum absolute atomic E-state index is 0.653. The van der Waals surface area contributed by atoms with Gasteiger partial charge in [-0.25, -0.2) is 4.98 Å². The third-order valence-corrected chi connectivity index (χ3v) is 2.61. The number of nitrogens with zero attached hydrogens (tertiary/aromatic N) is 1. The SMILES string of the molecule is Cc1nc2ccc(CCNCCCl)cc2o1. The van der Waals surface area contributed by atoms with Gasteiger partial charge in [-0.05, 0) is 30.7 Å². The number of halogens is 1. The molecular formula is C12H15ClN2O. The van der Waals surface area contributed by atoms with Crippen molar-refractivity contribution < 1.29 is 4.42 Å². The molecule has 1 heterocycles. The Balaban J connectivity index is 2.02. The van der Waals surface area contributed by atoms with E-state index in [9.17, 15) is 0 Å². The highest BCUT2D eigenvalue weighted by molar-refractivity contribution is 6.18. The summed E-state index contributed by atoms with van der Waals surface area (Å²) in [7, 11) is 0. The van der Waals surface area contributed by atoms with Gasteiger partial charge in [0.15, 0.2) is 11.5 Å². The maximum Gasteiger partial charge on any atom is 0.192 e. The third-order valence-electron chi connectivity index (χ3n) is 2.42. The van der Waals surface area contributed by atoms with E-state index in [2.05, 4.69) is 22.4 Å². The Kier molecular flexibility index (Phi) is 3.80. The number of aryl methyl sites for hydroxylation is 1. The molecule has 1 N–H and O–H groups in total. The zero-order valence-electron chi connectivity index (χ0n) is 9.29. The number of alkyl halides is 1. The molecule has 0 spiro atoms. The molecule has 0 saturated carbocycles. The summed E-state index contributed by atoms with van der Waals surface area (Å²) in [6.45, 7) is 3.65. The van der Waals surface area contributed by atoms with Crippen LogP contribution in [0.5, 0.6) is 0 Å². The maximum absolute atomic E-state index is 5.58. The Morgan fingerprint density at radius 3 is 3.06 bits per heavy atom. The summed E-state index contributed by atoms with van der Waals surface area (Å²) in [5.74, 6) is 1.37. The van der Waals surface area contributed by atoms with Crippen molar-refractivity contribution in [1.29, 1.82) is 0 Å². The van der Waals surface area contributed by atoms with Crippen LogP contribution in [0.3, 0.4) is 0 Å². The van der Waals surface area contributed by atoms with Gasteiger partial charge in [0, 0.05) is 19.3 Å². The summed E-state index contributed by atoms with van der Waals surface area (Å²) < 4.78 is 5.48. The second-order valence-electron chi connectivity index (χ2n) is 3.72. The molecular weight excluding hydrogens is 224 g/mol. The maximum atomic E-state index is 5.58. The van der Waals surface area contributed by atoms with Crippen LogP contribution in [-0.4, -0.2) is 24.0 Å². The number of fused-ring (bicyclic) bond motifs is 1. The second kappa shape index (κ2) is 5.32. The van der Waals surface area contributed by atoms with E-state index < -0.39 is 0 Å². The zero-order chi connectivity index (χ0) is 11.4. The fourth-order valence-electron chi connectivity index (χ4n) is 1.66. The first kappa shape index (κ1) is 11.4. The summed E-state index contributed by atoms with van der Waals surface area (Å²) in [4.78, 5) is 4.26. The highest BCUT2D eigenvalue weighted by Crippen LogP contribution is 2.16. The van der Waals surface area contributed by atoms with Gasteiger partial charge in [-0.15, -0.1) is 11.6 Å². The van der Waals surface area contributed by atoms with Gasteiger partial charge >= 0.3 is 0 Å². The van der Waals surface area contributed by atoms with Crippen LogP contribution in [0.15, 0.2) is 22.6 Å². The molecule has 0 atom stereocenters. The molecule has 1 aromatic carbocycles. The molecule has 2 rings (SSSR count). The van der Waals surface area contributed by atoms with E-state index in [4.69, 9.17) is 16.0 Å². The van der Waals surface area contributed by atoms with E-state index in [-0.39, 0.29) is 0 Å². The fraction of sp³-hybridized carbons (Fsp3) is 0.417. The number of rotatable bonds is 5. The average molecular weight is 239 g/mol. The molecule has 1 aromatic heterocycles. The third kappa shape index (κ3) is 2.74. The molecule has 0 aliphatic heterocycles. The molecule has 0 aliphatic carbocycles. The number of hydrogen-bond acceptors (Lipinski definition) is 3. The van der Waals surface area contributed by atoms with E-state index in [0.717, 1.165) is 30.6 Å². The molecule has 0 fully saturated rings. The Morgan fingerprint density at radius 2 is 2.25 bits per heavy atom. The molecule has 4 heteroatoms. The lowest BCUT2D eigenvalue weighted by molar-refractivity contribution is 0.560. The predicted octanol–water partition coefficient (Wildman–Crippen LogP) is 2.51. The lowest BCUT2D eigenvalue weighted by atomic mass is 10.1. The van der Waals surface area contributed by atoms with Crippen molar-refractivity contribution in [3.63, 3.8) is 0 Å². The van der Waals surface area contributed by atoms with Gasteiger partial charge in [0.1, 0.15) is 5.52 Å². The average Bonchev–Trinajstić information content (AvgIpc) is 2.64. The van der Waals surface area contributed by atoms with Gasteiger partial charge in [-0.2, -0.15) is 0 Å². The van der Waals surface area contributed by atoms with Crippen molar-refractivity contribution in [3.8, 4) is 0 Å². The van der Waals surface area contributed by atoms with Crippen molar-refractivity contribution in [2.75, 3.05) is 19.0 Å². The lowest BCUT2D eigenvalue weighted by Crippen LogP contribution is -2.19. The number of nitrogens with one attached hydrogen (secondary N) is 1. The highest BCUT2D eigenvalue weighted by Gasteiger charge is 2.02. The van der Waals surface area contributed by atoms with E-state index in [1.54, 1.807) is 0 Å². The van der Waals surface area contributed by atoms with Gasteiger partial charge in [0.05, 0.1) is 0 Å². The molecule has 0 saturated heterocycles. The molecule has 16 heavy (non-hydrogen) atoms. The summed E-state index contributed by atoms with van der Waals surface area (Å²) in [5.41, 5.74) is 3.05. The fourth-order valence-corrected chi connectivity index (χ4v) is 1.80. The normalized spacial score (nSPS) is 11.1. The topological polar surface area (TPSA) is 38.1 Å². The van der Waals surface area contributed by atoms with Crippen molar-refractivity contribution in [2.24, 2.45) is 0 Å². The van der Waals surface area contributed by atoms with Crippen LogP contribution in [0.2, 0.25) is 0 Å². The number of aromatic nitrogens is 1. The van der Waals surface area contributed by atoms with Gasteiger partial charge in [-0.1, -0.05) is 6.07 Å². The lowest BCUT2D eigenvalue weighted by Gasteiger charge is -2.02. The molecule has 0 aliphatic rings. The van der Waals surface area contributed by atoms with Gasteiger partial charge < -0.3 is 9.73 Å². The smallest absolute Gasteiger partial charge is 0.192 e. The summed E-state index contributed by atoms with van der Waals surface area (Å²) >= 11 is 5.58. The number of oxazole rings is 1. The number of hydrogen-bond donors (Lipinski definition) is 1. The largest absolute Gasteiger partial charge is 0.441 e. The summed E-state index contributed by atoms with van der Waals surface area (Å²) in [6.07, 6.45) is 0.979. The Hall–Kier alpha value is -1.06. The van der Waals surface area contributed by atoms with Crippen LogP contribution >= 0.6 is 11.6 Å². The van der Waals surface area contributed by atoms with Crippen LogP contribution in [0.25, 0.3) is 11.1 Å². The molecule has 0 bridgehead atoms. The Morgan fingerprint density at radius 1 is 1.38 bits per heavy atom. The van der Waals surface area contributed by atoms with E-state index in [0.29, 0.717) is 11.8 Å². The second-order valence-corrected chi connectivity index (χ2v) is 4.10. The van der Waals surface area contributed by atoms with Gasteiger partial charge in [-0.3, -0.25) is 0 Å². The summed E-state index contributed by atoms with van der Waals surface area (Å²) in [5, 5.41) is 3.26. The zero-order valence-corrected chi connectivity index (χ0v) is 10.0. The van der Waals surface area contributed by atoms with Crippen LogP contribution < -0.4 is 5.32 Å². The quantitative estimate of drug-likeness (QED) is 0.643. The first-order valence-electron chi connectivity index (χ1n) is 5.42. The van der Waals surface area contributed by atoms with Gasteiger partial charge in [0.25, 0.3) is 0 Å². The van der Waals surface area contributed by atoms with Crippen molar-refractivity contribution in [3.05, 3.63) is 29.7 Å². The highest BCUT2D eigenvalue weighted by atomic mass is 35.5. The Bertz CT molecular complexity index is 467. The summed E-state index contributed by atoms with van der Waals surface area (Å²) in [6, 6.07) is 6.15. The number of benzene rings is 1. The van der Waals surface area contributed by atoms with Crippen LogP contribution in [0, 0.1) is 6.92 Å². The molecule has 86 valence electrons. The van der Waals surface area contributed by atoms with Crippen molar-refractivity contribution in [2.45, 2.75) is 13.3 Å². The van der Waals surface area contributed by atoms with Crippen molar-refractivity contribution >= 4 is 22.7 Å². The Labute approximate surface area is 99.8 Å². The monoisotopic (exact) mass is 238 g/mol. The first-order valence-corrected chi connectivity index (χ1v) is 5.96. The predicted molar refractivity (Wildman–Crippen MR) is 66.0 cm³/mol.